The number of carbonyl (C=O) groups excluding carboxylic acids is 1. The van der Waals surface area contributed by atoms with E-state index in [1.54, 1.807) is 13.0 Å². The zero-order valence-electron chi connectivity index (χ0n) is 10.7. The van der Waals surface area contributed by atoms with Crippen LogP contribution in [0.2, 0.25) is 0 Å². The first-order chi connectivity index (χ1) is 8.66. The maximum Gasteiger partial charge on any atom is 0.219 e. The number of carbonyl (C=O) groups is 1. The quantitative estimate of drug-likeness (QED) is 0.852. The van der Waals surface area contributed by atoms with Crippen LogP contribution in [0.15, 0.2) is 24.3 Å². The zero-order valence-corrected chi connectivity index (χ0v) is 10.7. The largest absolute Gasteiger partial charge is 0.508 e. The van der Waals surface area contributed by atoms with Crippen molar-refractivity contribution < 1.29 is 9.90 Å². The predicted molar refractivity (Wildman–Crippen MR) is 70.2 cm³/mol. The van der Waals surface area contributed by atoms with Crippen LogP contribution in [0.25, 0.3) is 0 Å². The van der Waals surface area contributed by atoms with Gasteiger partial charge in [-0.05, 0) is 18.9 Å². The molecule has 98 valence electrons. The lowest BCUT2D eigenvalue weighted by atomic mass is 10.0. The minimum absolute atomic E-state index is 0.161. The molecule has 0 spiro atoms. The van der Waals surface area contributed by atoms with E-state index in [4.69, 9.17) is 0 Å². The molecule has 1 amide bonds. The topological polar surface area (TPSA) is 52.6 Å². The summed E-state index contributed by atoms with van der Waals surface area (Å²) in [6.07, 6.45) is 1.96. The number of hydrogen-bond acceptors (Lipinski definition) is 3. The van der Waals surface area contributed by atoms with Crippen molar-refractivity contribution in [1.82, 2.24) is 10.2 Å². The van der Waals surface area contributed by atoms with Gasteiger partial charge < -0.3 is 15.3 Å². The summed E-state index contributed by atoms with van der Waals surface area (Å²) in [4.78, 5) is 13.1. The lowest BCUT2D eigenvalue weighted by molar-refractivity contribution is -0.129. The fraction of sp³-hybridized carbons (Fsp3) is 0.500. The molecule has 0 bridgehead atoms. The third kappa shape index (κ3) is 3.23. The van der Waals surface area contributed by atoms with Gasteiger partial charge in [0.05, 0.1) is 0 Å². The fourth-order valence-corrected chi connectivity index (χ4v) is 2.31. The number of piperidine rings is 1. The van der Waals surface area contributed by atoms with E-state index < -0.39 is 0 Å². The van der Waals surface area contributed by atoms with Gasteiger partial charge in [0.2, 0.25) is 5.91 Å². The highest BCUT2D eigenvalue weighted by molar-refractivity contribution is 5.73. The number of phenolic OH excluding ortho intramolecular Hbond substituents is 1. The smallest absolute Gasteiger partial charge is 0.219 e. The zero-order chi connectivity index (χ0) is 13.0. The number of hydrogen-bond donors (Lipinski definition) is 2. The summed E-state index contributed by atoms with van der Waals surface area (Å²) in [5.41, 5.74) is 0.923. The fourth-order valence-electron chi connectivity index (χ4n) is 2.31. The van der Waals surface area contributed by atoms with Crippen molar-refractivity contribution >= 4 is 5.91 Å². The van der Waals surface area contributed by atoms with Crippen LogP contribution in [0.1, 0.15) is 25.3 Å². The van der Waals surface area contributed by atoms with Crippen LogP contribution in [0.5, 0.6) is 5.75 Å². The Morgan fingerprint density at radius 1 is 1.39 bits per heavy atom. The number of benzene rings is 1. The molecule has 1 aromatic rings. The number of phenols is 1. The van der Waals surface area contributed by atoms with E-state index in [1.807, 2.05) is 23.1 Å². The molecule has 0 aliphatic carbocycles. The normalized spacial score (nSPS) is 16.8. The molecular weight excluding hydrogens is 228 g/mol. The van der Waals surface area contributed by atoms with E-state index in [2.05, 4.69) is 5.32 Å². The van der Waals surface area contributed by atoms with Gasteiger partial charge in [-0.2, -0.15) is 0 Å². The second kappa shape index (κ2) is 5.87. The Morgan fingerprint density at radius 2 is 2.06 bits per heavy atom. The van der Waals surface area contributed by atoms with Crippen LogP contribution in [0, 0.1) is 0 Å². The van der Waals surface area contributed by atoms with Crippen LogP contribution in [-0.4, -0.2) is 35.0 Å². The maximum atomic E-state index is 11.2. The lowest BCUT2D eigenvalue weighted by Crippen LogP contribution is -2.43. The number of nitrogens with one attached hydrogen (secondary N) is 1. The van der Waals surface area contributed by atoms with E-state index in [-0.39, 0.29) is 5.91 Å². The number of para-hydroxylation sites is 1. The first-order valence-electron chi connectivity index (χ1n) is 6.42. The van der Waals surface area contributed by atoms with Crippen LogP contribution in [-0.2, 0) is 11.3 Å². The van der Waals surface area contributed by atoms with Crippen molar-refractivity contribution in [3.8, 4) is 5.75 Å². The van der Waals surface area contributed by atoms with Crippen molar-refractivity contribution in [3.05, 3.63) is 29.8 Å². The summed E-state index contributed by atoms with van der Waals surface area (Å²) in [5.74, 6) is 0.500. The molecule has 0 aromatic heterocycles. The molecule has 1 fully saturated rings. The summed E-state index contributed by atoms with van der Waals surface area (Å²) in [6.45, 7) is 3.95. The third-order valence-electron chi connectivity index (χ3n) is 3.51. The molecule has 4 nitrogen and oxygen atoms in total. The highest BCUT2D eigenvalue weighted by Crippen LogP contribution is 2.16. The molecule has 2 N–H and O–H groups in total. The van der Waals surface area contributed by atoms with Crippen LogP contribution in [0.3, 0.4) is 0 Å². The predicted octanol–water partition coefficient (Wildman–Crippen LogP) is 1.49. The Kier molecular flexibility index (Phi) is 4.20. The molecule has 0 unspecified atom stereocenters. The summed E-state index contributed by atoms with van der Waals surface area (Å²) in [6, 6.07) is 7.81. The van der Waals surface area contributed by atoms with E-state index in [1.165, 1.54) is 0 Å². The molecule has 1 aliphatic rings. The second-order valence-electron chi connectivity index (χ2n) is 4.79. The van der Waals surface area contributed by atoms with Crippen LogP contribution < -0.4 is 5.32 Å². The minimum Gasteiger partial charge on any atom is -0.508 e. The molecule has 1 saturated heterocycles. The van der Waals surface area contributed by atoms with E-state index in [0.29, 0.717) is 18.3 Å². The molecule has 1 heterocycles. The van der Waals surface area contributed by atoms with E-state index in [9.17, 15) is 9.90 Å². The molecule has 1 aliphatic heterocycles. The van der Waals surface area contributed by atoms with Gasteiger partial charge in [0.25, 0.3) is 0 Å². The Bertz CT molecular complexity index is 412. The minimum atomic E-state index is 0.161. The lowest BCUT2D eigenvalue weighted by Gasteiger charge is -2.31. The Morgan fingerprint density at radius 3 is 2.67 bits per heavy atom. The highest BCUT2D eigenvalue weighted by Gasteiger charge is 2.20. The molecule has 0 atom stereocenters. The van der Waals surface area contributed by atoms with Crippen LogP contribution >= 0.6 is 0 Å². The molecular formula is C14H20N2O2. The van der Waals surface area contributed by atoms with Crippen LogP contribution in [0.4, 0.5) is 0 Å². The SMILES string of the molecule is CC(=O)N1CCC(NCc2ccccc2O)CC1. The first-order valence-corrected chi connectivity index (χ1v) is 6.42. The second-order valence-corrected chi connectivity index (χ2v) is 4.79. The molecule has 0 radical (unpaired) electrons. The summed E-state index contributed by atoms with van der Waals surface area (Å²) in [7, 11) is 0. The van der Waals surface area contributed by atoms with Gasteiger partial charge in [-0.25, -0.2) is 0 Å². The molecule has 4 heteroatoms. The number of aromatic hydroxyl groups is 1. The van der Waals surface area contributed by atoms with Gasteiger partial charge in [-0.3, -0.25) is 4.79 Å². The van der Waals surface area contributed by atoms with Gasteiger partial charge >= 0.3 is 0 Å². The van der Waals surface area contributed by atoms with Crippen molar-refractivity contribution in [2.24, 2.45) is 0 Å². The van der Waals surface area contributed by atoms with E-state index >= 15 is 0 Å². The Labute approximate surface area is 108 Å². The molecule has 1 aromatic carbocycles. The van der Waals surface area contributed by atoms with Gasteiger partial charge in [-0.1, -0.05) is 18.2 Å². The molecule has 2 rings (SSSR count). The summed E-state index contributed by atoms with van der Waals surface area (Å²) < 4.78 is 0. The first kappa shape index (κ1) is 12.9. The van der Waals surface area contributed by atoms with Gasteiger partial charge in [-0.15, -0.1) is 0 Å². The van der Waals surface area contributed by atoms with Crippen molar-refractivity contribution in [1.29, 1.82) is 0 Å². The molecule has 18 heavy (non-hydrogen) atoms. The molecule has 0 saturated carbocycles. The number of nitrogens with zero attached hydrogens (tertiary/aromatic N) is 1. The maximum absolute atomic E-state index is 11.2. The highest BCUT2D eigenvalue weighted by atomic mass is 16.3. The van der Waals surface area contributed by atoms with Crippen molar-refractivity contribution in [3.63, 3.8) is 0 Å². The summed E-state index contributed by atoms with van der Waals surface area (Å²) in [5, 5.41) is 13.1. The number of amides is 1. The summed E-state index contributed by atoms with van der Waals surface area (Å²) >= 11 is 0. The Hall–Kier alpha value is -1.55. The average Bonchev–Trinajstić information content (AvgIpc) is 2.38. The third-order valence-corrected chi connectivity index (χ3v) is 3.51. The van der Waals surface area contributed by atoms with E-state index in [0.717, 1.165) is 31.5 Å². The average molecular weight is 248 g/mol. The number of likely N-dealkylation sites (tertiary alicyclic amines) is 1. The van der Waals surface area contributed by atoms with Gasteiger partial charge in [0.1, 0.15) is 5.75 Å². The Balaban J connectivity index is 1.79. The number of rotatable bonds is 3. The van der Waals surface area contributed by atoms with Crippen molar-refractivity contribution in [2.45, 2.75) is 32.4 Å². The van der Waals surface area contributed by atoms with Gasteiger partial charge in [0.15, 0.2) is 0 Å². The van der Waals surface area contributed by atoms with Gasteiger partial charge in [0, 0.05) is 38.2 Å². The van der Waals surface area contributed by atoms with Crippen molar-refractivity contribution in [2.75, 3.05) is 13.1 Å². The monoisotopic (exact) mass is 248 g/mol. The standard InChI is InChI=1S/C14H20N2O2/c1-11(17)16-8-6-13(7-9-16)15-10-12-4-2-3-5-14(12)18/h2-5,13,15,18H,6-10H2,1H3.